The van der Waals surface area contributed by atoms with Crippen molar-refractivity contribution in [3.63, 3.8) is 0 Å². The second-order valence-electron chi connectivity index (χ2n) is 8.18. The van der Waals surface area contributed by atoms with E-state index in [-0.39, 0.29) is 22.4 Å². The number of benzene rings is 3. The van der Waals surface area contributed by atoms with Crippen molar-refractivity contribution in [3.8, 4) is 5.75 Å². The van der Waals surface area contributed by atoms with Gasteiger partial charge in [0.1, 0.15) is 5.75 Å². The number of para-hydroxylation sites is 1. The number of rotatable bonds is 8. The fourth-order valence-corrected chi connectivity index (χ4v) is 3.16. The summed E-state index contributed by atoms with van der Waals surface area (Å²) in [6.45, 7) is 3.56. The maximum Gasteiger partial charge on any atom is 0.349 e. The zero-order valence-corrected chi connectivity index (χ0v) is 20.3. The van der Waals surface area contributed by atoms with E-state index >= 15 is 0 Å². The molecule has 0 radical (unpaired) electrons. The normalized spacial score (nSPS) is 11.9. The molecule has 196 valence electrons. The van der Waals surface area contributed by atoms with Crippen molar-refractivity contribution >= 4 is 29.7 Å². The first-order valence-electron chi connectivity index (χ1n) is 11.2. The van der Waals surface area contributed by atoms with Crippen LogP contribution in [0.2, 0.25) is 0 Å². The molecule has 0 heterocycles. The van der Waals surface area contributed by atoms with E-state index in [0.29, 0.717) is 0 Å². The maximum atomic E-state index is 13.0. The fourth-order valence-electron chi connectivity index (χ4n) is 3.16. The Bertz CT molecular complexity index is 1350. The highest BCUT2D eigenvalue weighted by Gasteiger charge is 2.41. The molecule has 4 N–H and O–H groups in total. The molecule has 0 unspecified atom stereocenters. The quantitative estimate of drug-likeness (QED) is 0.257. The van der Waals surface area contributed by atoms with Gasteiger partial charge in [0.2, 0.25) is 12.2 Å². The molecule has 3 rings (SSSR count). The van der Waals surface area contributed by atoms with Gasteiger partial charge in [0.25, 0.3) is 11.8 Å². The number of phenols is 1. The van der Waals surface area contributed by atoms with Crippen LogP contribution < -0.4 is 10.9 Å². The Balaban J connectivity index is 1.85. The molecule has 0 fully saturated rings. The van der Waals surface area contributed by atoms with Crippen LogP contribution in [0.1, 0.15) is 42.2 Å². The van der Waals surface area contributed by atoms with E-state index in [1.165, 1.54) is 48.5 Å². The number of amides is 2. The monoisotopic (exact) mass is 520 g/mol. The number of esters is 2. The number of aromatic hydroxyl groups is 1. The van der Waals surface area contributed by atoms with Gasteiger partial charge in [-0.3, -0.25) is 20.4 Å². The van der Waals surface area contributed by atoms with Gasteiger partial charge in [0, 0.05) is 0 Å². The molecule has 38 heavy (non-hydrogen) atoms. The first-order valence-corrected chi connectivity index (χ1v) is 11.2. The lowest BCUT2D eigenvalue weighted by Gasteiger charge is -2.23. The van der Waals surface area contributed by atoms with Crippen molar-refractivity contribution in [2.75, 3.05) is 0 Å². The number of nitrogens with one attached hydrogen (secondary N) is 2. The molecule has 3 aromatic carbocycles. The molecule has 11 nitrogen and oxygen atoms in total. The van der Waals surface area contributed by atoms with Crippen LogP contribution in [0.4, 0.5) is 0 Å². The average Bonchev–Trinajstić information content (AvgIpc) is 2.89. The van der Waals surface area contributed by atoms with Crippen molar-refractivity contribution in [1.82, 2.24) is 10.9 Å². The fraction of sp³-hybridized carbons (Fsp3) is 0.148. The Morgan fingerprint density at radius 3 is 1.63 bits per heavy atom. The maximum absolute atomic E-state index is 13.0. The van der Waals surface area contributed by atoms with Crippen LogP contribution in [0, 0.1) is 13.8 Å². The number of hydrogen-bond acceptors (Lipinski definition) is 8. The summed E-state index contributed by atoms with van der Waals surface area (Å²) in [4.78, 5) is 62.8. The molecule has 3 aromatic rings. The summed E-state index contributed by atoms with van der Waals surface area (Å²) in [5.74, 6) is -6.57. The molecule has 0 bridgehead atoms. The molecule has 11 heteroatoms. The molecule has 0 aromatic heterocycles. The molecular weight excluding hydrogens is 496 g/mol. The summed E-state index contributed by atoms with van der Waals surface area (Å²) in [6, 6.07) is 17.5. The Morgan fingerprint density at radius 2 is 1.16 bits per heavy atom. The largest absolute Gasteiger partial charge is 0.507 e. The molecule has 0 saturated carbocycles. The Hall–Kier alpha value is -5.19. The summed E-state index contributed by atoms with van der Waals surface area (Å²) in [5, 5.41) is 19.6. The highest BCUT2D eigenvalue weighted by molar-refractivity contribution is 6.00. The average molecular weight is 520 g/mol. The van der Waals surface area contributed by atoms with Gasteiger partial charge < -0.3 is 19.7 Å². The van der Waals surface area contributed by atoms with Gasteiger partial charge in [-0.25, -0.2) is 14.4 Å². The Morgan fingerprint density at radius 1 is 0.684 bits per heavy atom. The van der Waals surface area contributed by atoms with Crippen molar-refractivity contribution < 1.29 is 43.7 Å². The molecule has 0 aliphatic heterocycles. The molecule has 0 spiro atoms. The highest BCUT2D eigenvalue weighted by Crippen LogP contribution is 2.16. The van der Waals surface area contributed by atoms with Gasteiger partial charge in [-0.15, -0.1) is 0 Å². The van der Waals surface area contributed by atoms with Gasteiger partial charge in [0.15, 0.2) is 0 Å². The lowest BCUT2D eigenvalue weighted by molar-refractivity contribution is -0.159. The van der Waals surface area contributed by atoms with Gasteiger partial charge in [-0.2, -0.15) is 0 Å². The zero-order valence-electron chi connectivity index (χ0n) is 20.3. The van der Waals surface area contributed by atoms with Gasteiger partial charge >= 0.3 is 17.9 Å². The number of hydrazine groups is 1. The predicted octanol–water partition coefficient (Wildman–Crippen LogP) is 2.31. The lowest BCUT2D eigenvalue weighted by Crippen LogP contribution is -2.54. The summed E-state index contributed by atoms with van der Waals surface area (Å²) in [5.41, 5.74) is 5.42. The van der Waals surface area contributed by atoms with Crippen LogP contribution in [0.3, 0.4) is 0 Å². The molecule has 0 saturated heterocycles. The van der Waals surface area contributed by atoms with Crippen molar-refractivity contribution in [3.05, 3.63) is 101 Å². The minimum atomic E-state index is -2.28. The van der Waals surface area contributed by atoms with Gasteiger partial charge in [-0.1, -0.05) is 47.5 Å². The molecular formula is C27H24N2O9. The van der Waals surface area contributed by atoms with Gasteiger partial charge in [-0.05, 0) is 50.2 Å². The van der Waals surface area contributed by atoms with E-state index in [1.54, 1.807) is 38.1 Å². The molecule has 0 aliphatic carbocycles. The summed E-state index contributed by atoms with van der Waals surface area (Å²) in [6.07, 6.45) is -4.49. The predicted molar refractivity (Wildman–Crippen MR) is 132 cm³/mol. The molecule has 2 atom stereocenters. The van der Waals surface area contributed by atoms with Crippen molar-refractivity contribution in [2.45, 2.75) is 26.1 Å². The highest BCUT2D eigenvalue weighted by atomic mass is 16.6. The first-order chi connectivity index (χ1) is 18.1. The number of hydrogen-bond donors (Lipinski definition) is 4. The summed E-state index contributed by atoms with van der Waals surface area (Å²) in [7, 11) is 0. The third kappa shape index (κ3) is 6.94. The van der Waals surface area contributed by atoms with E-state index in [1.807, 2.05) is 10.9 Å². The number of carboxylic acid groups (broad SMARTS) is 1. The number of ether oxygens (including phenoxy) is 2. The van der Waals surface area contributed by atoms with Crippen LogP contribution in [0.15, 0.2) is 72.8 Å². The van der Waals surface area contributed by atoms with Crippen LogP contribution in [0.25, 0.3) is 0 Å². The Kier molecular flexibility index (Phi) is 8.78. The number of phenolic OH excluding ortho intramolecular Hbond substituents is 1. The third-order valence-electron chi connectivity index (χ3n) is 5.27. The number of aryl methyl sites for hydroxylation is 2. The van der Waals surface area contributed by atoms with E-state index in [2.05, 4.69) is 0 Å². The smallest absolute Gasteiger partial charge is 0.349 e. The Labute approximate surface area is 217 Å². The van der Waals surface area contributed by atoms with Gasteiger partial charge in [0.05, 0.1) is 16.7 Å². The SMILES string of the molecule is Cc1ccc(C(=O)O[C@H](C(=O)NNC(=O)c2ccccc2O)[C@@H](OC(=O)c2ccc(C)cc2)C(=O)O)cc1. The van der Waals surface area contributed by atoms with Crippen LogP contribution in [-0.4, -0.2) is 52.1 Å². The molecule has 2 amide bonds. The minimum Gasteiger partial charge on any atom is -0.507 e. The first kappa shape index (κ1) is 27.4. The lowest BCUT2D eigenvalue weighted by atomic mass is 10.1. The number of carbonyl (C=O) groups is 5. The third-order valence-corrected chi connectivity index (χ3v) is 5.27. The molecule has 0 aliphatic rings. The van der Waals surface area contributed by atoms with E-state index in [9.17, 15) is 34.2 Å². The van der Waals surface area contributed by atoms with E-state index in [0.717, 1.165) is 11.1 Å². The van der Waals surface area contributed by atoms with E-state index in [4.69, 9.17) is 9.47 Å². The topological polar surface area (TPSA) is 168 Å². The summed E-state index contributed by atoms with van der Waals surface area (Å²) < 4.78 is 10.2. The number of carbonyl (C=O) groups excluding carboxylic acids is 4. The number of aliphatic carboxylic acids is 1. The summed E-state index contributed by atoms with van der Waals surface area (Å²) >= 11 is 0. The second kappa shape index (κ2) is 12.2. The van der Waals surface area contributed by atoms with Crippen LogP contribution >= 0.6 is 0 Å². The second-order valence-corrected chi connectivity index (χ2v) is 8.18. The van der Waals surface area contributed by atoms with E-state index < -0.39 is 41.9 Å². The van der Waals surface area contributed by atoms with Crippen molar-refractivity contribution in [1.29, 1.82) is 0 Å². The number of carboxylic acids is 1. The zero-order chi connectivity index (χ0) is 27.8. The van der Waals surface area contributed by atoms with Crippen molar-refractivity contribution in [2.24, 2.45) is 0 Å². The minimum absolute atomic E-state index is 0.000596. The van der Waals surface area contributed by atoms with Crippen LogP contribution in [0.5, 0.6) is 5.75 Å². The van der Waals surface area contributed by atoms with Crippen LogP contribution in [-0.2, 0) is 19.1 Å². The standard InChI is InChI=1S/C27H24N2O9/c1-15-7-11-17(12-8-15)26(35)37-21(24(32)29-28-23(31)19-5-3-4-6-20(19)30)22(25(33)34)38-27(36)18-13-9-16(2)10-14-18/h3-14,21-22,30H,1-2H3,(H,28,31)(H,29,32)(H,33,34)/t21-,22+/m0/s1.